The molecule has 0 atom stereocenters. The van der Waals surface area contributed by atoms with Gasteiger partial charge in [-0.3, -0.25) is 0 Å². The maximum Gasteiger partial charge on any atom is 0.0701 e. The quantitative estimate of drug-likeness (QED) is 0.0562. The van der Waals surface area contributed by atoms with E-state index in [4.69, 9.17) is 37.9 Å². The molecule has 0 aromatic carbocycles. The first-order valence-corrected chi connectivity index (χ1v) is 15.6. The zero-order valence-electron chi connectivity index (χ0n) is 23.0. The second-order valence-electron chi connectivity index (χ2n) is 8.42. The highest BCUT2D eigenvalue weighted by molar-refractivity contribution is 14.1. The predicted octanol–water partition coefficient (Wildman–Crippen LogP) is 5.09. The Bertz CT molecular complexity index is 346. The molecule has 0 aliphatic rings. The van der Waals surface area contributed by atoms with Crippen LogP contribution in [0.4, 0.5) is 0 Å². The smallest absolute Gasteiger partial charge is 0.0701 e. The molecule has 0 spiro atoms. The molecule has 0 radical (unpaired) electrons. The zero-order valence-corrected chi connectivity index (χ0v) is 25.2. The molecule has 0 aliphatic carbocycles. The lowest BCUT2D eigenvalue weighted by Crippen LogP contribution is -2.15. The number of ether oxygens (including phenoxy) is 8. The van der Waals surface area contributed by atoms with Gasteiger partial charge >= 0.3 is 0 Å². The summed E-state index contributed by atoms with van der Waals surface area (Å²) in [4.78, 5) is 0. The average molecular weight is 635 g/mol. The maximum atomic E-state index is 5.55. The van der Waals surface area contributed by atoms with Gasteiger partial charge in [0, 0.05) is 13.2 Å². The van der Waals surface area contributed by atoms with E-state index in [1.807, 2.05) is 0 Å². The molecule has 0 saturated heterocycles. The molecule has 0 heterocycles. The summed E-state index contributed by atoms with van der Waals surface area (Å²) < 4.78 is 45.3. The molecule has 0 unspecified atom stereocenters. The van der Waals surface area contributed by atoms with Crippen LogP contribution in [0.2, 0.25) is 0 Å². The van der Waals surface area contributed by atoms with E-state index in [9.17, 15) is 0 Å². The summed E-state index contributed by atoms with van der Waals surface area (Å²) in [7, 11) is 0. The van der Waals surface area contributed by atoms with Crippen molar-refractivity contribution in [2.24, 2.45) is 0 Å². The first kappa shape index (κ1) is 36.4. The normalized spacial score (nSPS) is 11.5. The molecule has 0 rings (SSSR count). The Kier molecular flexibility index (Phi) is 35.8. The third-order valence-electron chi connectivity index (χ3n) is 5.17. The van der Waals surface area contributed by atoms with Crippen LogP contribution in [0.3, 0.4) is 0 Å². The summed E-state index contributed by atoms with van der Waals surface area (Å²) in [5.41, 5.74) is 0. The van der Waals surface area contributed by atoms with E-state index in [0.29, 0.717) is 92.5 Å². The van der Waals surface area contributed by atoms with Crippen molar-refractivity contribution >= 4 is 22.6 Å². The second kappa shape index (κ2) is 35.4. The largest absolute Gasteiger partial charge is 0.379 e. The molecular weight excluding hydrogens is 579 g/mol. The van der Waals surface area contributed by atoms with Crippen LogP contribution < -0.4 is 0 Å². The summed E-state index contributed by atoms with van der Waals surface area (Å²) in [6.07, 6.45) is 11.3. The zero-order chi connectivity index (χ0) is 26.0. The number of unbranched alkanes of at least 4 members (excludes halogenated alkanes) is 7. The van der Waals surface area contributed by atoms with Gasteiger partial charge in [-0.25, -0.2) is 0 Å². The molecule has 218 valence electrons. The van der Waals surface area contributed by atoms with Crippen molar-refractivity contribution in [1.82, 2.24) is 0 Å². The first-order chi connectivity index (χ1) is 17.9. The van der Waals surface area contributed by atoms with Crippen molar-refractivity contribution in [3.8, 4) is 0 Å². The monoisotopic (exact) mass is 634 g/mol. The Morgan fingerprint density at radius 1 is 0.306 bits per heavy atom. The first-order valence-electron chi connectivity index (χ1n) is 14.1. The molecule has 0 aromatic heterocycles. The molecule has 0 fully saturated rings. The standard InChI is InChI=1S/C27H55IO8/c1-2-3-4-6-9-12-29-14-16-31-18-20-33-22-24-35-26-27-36-25-23-34-21-19-32-17-15-30-13-10-7-5-8-11-28/h2-27H2,1H3. The molecular formula is C27H55IO8. The highest BCUT2D eigenvalue weighted by Gasteiger charge is 1.96. The summed E-state index contributed by atoms with van der Waals surface area (Å²) >= 11 is 2.42. The van der Waals surface area contributed by atoms with E-state index in [1.54, 1.807) is 0 Å². The molecule has 0 amide bonds. The second-order valence-corrected chi connectivity index (χ2v) is 9.50. The molecule has 8 nitrogen and oxygen atoms in total. The van der Waals surface area contributed by atoms with Crippen molar-refractivity contribution < 1.29 is 37.9 Å². The van der Waals surface area contributed by atoms with Gasteiger partial charge in [-0.2, -0.15) is 0 Å². The van der Waals surface area contributed by atoms with Crippen molar-refractivity contribution in [3.05, 3.63) is 0 Å². The van der Waals surface area contributed by atoms with Crippen LogP contribution in [-0.2, 0) is 37.9 Å². The molecule has 0 saturated carbocycles. The van der Waals surface area contributed by atoms with Gasteiger partial charge in [0.25, 0.3) is 0 Å². The molecule has 36 heavy (non-hydrogen) atoms. The Labute approximate surface area is 234 Å². The fourth-order valence-corrected chi connectivity index (χ4v) is 3.64. The summed E-state index contributed by atoms with van der Waals surface area (Å²) in [6, 6.07) is 0. The highest BCUT2D eigenvalue weighted by Crippen LogP contribution is 2.03. The van der Waals surface area contributed by atoms with Gasteiger partial charge < -0.3 is 37.9 Å². The Hall–Kier alpha value is 0.410. The van der Waals surface area contributed by atoms with Gasteiger partial charge in [0.1, 0.15) is 0 Å². The fourth-order valence-electron chi connectivity index (χ4n) is 3.10. The lowest BCUT2D eigenvalue weighted by molar-refractivity contribution is -0.0232. The van der Waals surface area contributed by atoms with Crippen LogP contribution in [0, 0.1) is 0 Å². The summed E-state index contributed by atoms with van der Waals surface area (Å²) in [5.74, 6) is 0. The number of hydrogen-bond acceptors (Lipinski definition) is 8. The van der Waals surface area contributed by atoms with Crippen LogP contribution in [0.5, 0.6) is 0 Å². The van der Waals surface area contributed by atoms with E-state index in [0.717, 1.165) is 26.1 Å². The van der Waals surface area contributed by atoms with Gasteiger partial charge in [-0.15, -0.1) is 0 Å². The Morgan fingerprint density at radius 3 is 0.833 bits per heavy atom. The topological polar surface area (TPSA) is 73.8 Å². The van der Waals surface area contributed by atoms with E-state index >= 15 is 0 Å². The Balaban J connectivity index is 3.00. The fraction of sp³-hybridized carbons (Fsp3) is 1.00. The van der Waals surface area contributed by atoms with Crippen molar-refractivity contribution in [2.75, 3.05) is 110 Å². The molecule has 0 bridgehead atoms. The van der Waals surface area contributed by atoms with Crippen molar-refractivity contribution in [3.63, 3.8) is 0 Å². The number of hydrogen-bond donors (Lipinski definition) is 0. The van der Waals surface area contributed by atoms with E-state index < -0.39 is 0 Å². The van der Waals surface area contributed by atoms with Gasteiger partial charge in [0.05, 0.1) is 92.5 Å². The molecule has 0 aromatic rings. The van der Waals surface area contributed by atoms with Gasteiger partial charge in [0.2, 0.25) is 0 Å². The van der Waals surface area contributed by atoms with Crippen LogP contribution in [0.25, 0.3) is 0 Å². The highest BCUT2D eigenvalue weighted by atomic mass is 127. The van der Waals surface area contributed by atoms with Gasteiger partial charge in [-0.1, -0.05) is 68.0 Å². The minimum Gasteiger partial charge on any atom is -0.379 e. The number of rotatable bonds is 33. The number of alkyl halides is 1. The van der Waals surface area contributed by atoms with Gasteiger partial charge in [0.15, 0.2) is 0 Å². The average Bonchev–Trinajstić information content (AvgIpc) is 2.89. The van der Waals surface area contributed by atoms with E-state index in [-0.39, 0.29) is 0 Å². The minimum absolute atomic E-state index is 0.553. The SMILES string of the molecule is CCCCCCCOCCOCCOCCOCCOCCOCCOCCOCCCCCCI. The van der Waals surface area contributed by atoms with Gasteiger partial charge in [-0.05, 0) is 23.7 Å². The predicted molar refractivity (Wildman–Crippen MR) is 153 cm³/mol. The molecule has 0 aliphatic heterocycles. The van der Waals surface area contributed by atoms with Crippen molar-refractivity contribution in [1.29, 1.82) is 0 Å². The third-order valence-corrected chi connectivity index (χ3v) is 5.93. The number of halogens is 1. The summed E-state index contributed by atoms with van der Waals surface area (Å²) in [5, 5.41) is 0. The maximum absolute atomic E-state index is 5.55. The minimum atomic E-state index is 0.553. The van der Waals surface area contributed by atoms with E-state index in [2.05, 4.69) is 29.5 Å². The van der Waals surface area contributed by atoms with E-state index in [1.165, 1.54) is 49.4 Å². The summed E-state index contributed by atoms with van der Waals surface area (Å²) in [6.45, 7) is 12.1. The van der Waals surface area contributed by atoms with Crippen molar-refractivity contribution in [2.45, 2.75) is 64.7 Å². The van der Waals surface area contributed by atoms with Crippen LogP contribution in [0.15, 0.2) is 0 Å². The molecule has 9 heteroatoms. The Morgan fingerprint density at radius 2 is 0.556 bits per heavy atom. The lowest BCUT2D eigenvalue weighted by Gasteiger charge is -2.08. The molecule has 0 N–H and O–H groups in total. The lowest BCUT2D eigenvalue weighted by atomic mass is 10.2. The van der Waals surface area contributed by atoms with Crippen LogP contribution >= 0.6 is 22.6 Å². The third kappa shape index (κ3) is 34.4. The van der Waals surface area contributed by atoms with Crippen LogP contribution in [0.1, 0.15) is 64.7 Å². The van der Waals surface area contributed by atoms with Crippen LogP contribution in [-0.4, -0.2) is 110 Å².